The Kier molecular flexibility index (Phi) is 5.97. The molecular formula is C24H30N2O2. The molecule has 0 saturated carbocycles. The van der Waals surface area contributed by atoms with Crippen LogP contribution in [-0.2, 0) is 11.2 Å². The van der Waals surface area contributed by atoms with E-state index in [9.17, 15) is 9.59 Å². The first-order valence-corrected chi connectivity index (χ1v) is 10.1. The van der Waals surface area contributed by atoms with Crippen LogP contribution in [0.2, 0.25) is 0 Å². The summed E-state index contributed by atoms with van der Waals surface area (Å²) < 4.78 is 0. The molecule has 1 aliphatic heterocycles. The summed E-state index contributed by atoms with van der Waals surface area (Å²) in [6.45, 7) is 11.8. The molecule has 2 aromatic rings. The highest BCUT2D eigenvalue weighted by Crippen LogP contribution is 2.30. The third-order valence-corrected chi connectivity index (χ3v) is 6.57. The molecule has 1 aliphatic rings. The van der Waals surface area contributed by atoms with E-state index in [1.54, 1.807) is 12.4 Å². The van der Waals surface area contributed by atoms with Crippen molar-refractivity contribution in [2.24, 2.45) is 5.92 Å². The average molecular weight is 379 g/mol. The molecule has 28 heavy (non-hydrogen) atoms. The third kappa shape index (κ3) is 3.87. The molecule has 0 spiro atoms. The summed E-state index contributed by atoms with van der Waals surface area (Å²) >= 11 is 0. The second-order valence-corrected chi connectivity index (χ2v) is 8.05. The van der Waals surface area contributed by atoms with Crippen LogP contribution in [0.1, 0.15) is 56.6 Å². The Morgan fingerprint density at radius 2 is 1.39 bits per heavy atom. The van der Waals surface area contributed by atoms with Gasteiger partial charge in [-0.2, -0.15) is 0 Å². The second-order valence-electron chi connectivity index (χ2n) is 8.05. The Morgan fingerprint density at radius 1 is 0.893 bits per heavy atom. The zero-order valence-electron chi connectivity index (χ0n) is 17.6. The molecule has 0 atom stereocenters. The lowest BCUT2D eigenvalue weighted by molar-refractivity contribution is -0.131. The van der Waals surface area contributed by atoms with Gasteiger partial charge in [0, 0.05) is 37.0 Å². The molecule has 1 aromatic carbocycles. The van der Waals surface area contributed by atoms with E-state index in [1.807, 2.05) is 17.0 Å². The van der Waals surface area contributed by atoms with Crippen LogP contribution in [0.4, 0.5) is 0 Å². The molecule has 1 saturated heterocycles. The molecule has 1 aromatic heterocycles. The standard InChI is InChI=1S/C24H30N2O2/c1-15-16(2)18(4)23(19(5)17(15)3)24(28)21-8-12-26(13-9-21)22(27)14-20-6-10-25-11-7-20/h6-7,10-11,21H,8-9,12-14H2,1-5H3. The van der Waals surface area contributed by atoms with Gasteiger partial charge in [-0.15, -0.1) is 0 Å². The largest absolute Gasteiger partial charge is 0.342 e. The SMILES string of the molecule is Cc1c(C)c(C)c(C(=O)C2CCN(C(=O)Cc3ccncc3)CC2)c(C)c1C. The zero-order chi connectivity index (χ0) is 20.4. The minimum atomic E-state index is 0.00359. The van der Waals surface area contributed by atoms with Crippen LogP contribution < -0.4 is 0 Å². The van der Waals surface area contributed by atoms with Crippen molar-refractivity contribution in [3.8, 4) is 0 Å². The van der Waals surface area contributed by atoms with Crippen molar-refractivity contribution in [1.82, 2.24) is 9.88 Å². The molecule has 0 unspecified atom stereocenters. The van der Waals surface area contributed by atoms with E-state index in [1.165, 1.54) is 16.7 Å². The number of likely N-dealkylation sites (tertiary alicyclic amines) is 1. The minimum Gasteiger partial charge on any atom is -0.342 e. The van der Waals surface area contributed by atoms with Gasteiger partial charge in [-0.05, 0) is 93.0 Å². The predicted octanol–water partition coefficient (Wildman–Crippen LogP) is 4.29. The number of piperidine rings is 1. The Labute approximate surface area is 168 Å². The fourth-order valence-corrected chi connectivity index (χ4v) is 4.25. The Hall–Kier alpha value is -2.49. The van der Waals surface area contributed by atoms with E-state index in [4.69, 9.17) is 0 Å². The lowest BCUT2D eigenvalue weighted by Crippen LogP contribution is -2.41. The molecule has 0 bridgehead atoms. The first kappa shape index (κ1) is 20.2. The molecule has 1 fully saturated rings. The van der Waals surface area contributed by atoms with Gasteiger partial charge in [0.1, 0.15) is 0 Å². The first-order valence-electron chi connectivity index (χ1n) is 10.1. The van der Waals surface area contributed by atoms with Crippen molar-refractivity contribution in [3.63, 3.8) is 0 Å². The molecule has 148 valence electrons. The summed E-state index contributed by atoms with van der Waals surface area (Å²) in [5.41, 5.74) is 7.83. The lowest BCUT2D eigenvalue weighted by Gasteiger charge is -2.32. The van der Waals surface area contributed by atoms with Gasteiger partial charge >= 0.3 is 0 Å². The topological polar surface area (TPSA) is 50.3 Å². The summed E-state index contributed by atoms with van der Waals surface area (Å²) in [5, 5.41) is 0. The van der Waals surface area contributed by atoms with Gasteiger partial charge in [-0.1, -0.05) is 0 Å². The van der Waals surface area contributed by atoms with Gasteiger partial charge in [0.2, 0.25) is 5.91 Å². The normalized spacial score (nSPS) is 15.0. The van der Waals surface area contributed by atoms with Crippen LogP contribution in [0.15, 0.2) is 24.5 Å². The number of hydrogen-bond acceptors (Lipinski definition) is 3. The summed E-state index contributed by atoms with van der Waals surface area (Å²) in [6, 6.07) is 3.75. The number of hydrogen-bond donors (Lipinski definition) is 0. The zero-order valence-corrected chi connectivity index (χ0v) is 17.6. The van der Waals surface area contributed by atoms with Crippen LogP contribution in [0.5, 0.6) is 0 Å². The van der Waals surface area contributed by atoms with Crippen molar-refractivity contribution >= 4 is 11.7 Å². The van der Waals surface area contributed by atoms with E-state index in [2.05, 4.69) is 39.6 Å². The van der Waals surface area contributed by atoms with Crippen LogP contribution in [0.25, 0.3) is 0 Å². The van der Waals surface area contributed by atoms with E-state index in [0.717, 1.165) is 35.1 Å². The molecule has 0 aliphatic carbocycles. The van der Waals surface area contributed by atoms with E-state index < -0.39 is 0 Å². The number of amides is 1. The maximum Gasteiger partial charge on any atom is 0.226 e. The van der Waals surface area contributed by atoms with Gasteiger partial charge in [-0.25, -0.2) is 0 Å². The van der Waals surface area contributed by atoms with Crippen LogP contribution in [0, 0.1) is 40.5 Å². The number of Topliss-reactive ketones (excluding diaryl/α,β-unsaturated/α-hetero) is 1. The van der Waals surface area contributed by atoms with Gasteiger partial charge in [0.15, 0.2) is 5.78 Å². The maximum absolute atomic E-state index is 13.3. The summed E-state index contributed by atoms with van der Waals surface area (Å²) in [5.74, 6) is 0.387. The number of aromatic nitrogens is 1. The maximum atomic E-state index is 13.3. The van der Waals surface area contributed by atoms with Gasteiger partial charge in [-0.3, -0.25) is 14.6 Å². The Balaban J connectivity index is 1.69. The second kappa shape index (κ2) is 8.26. The van der Waals surface area contributed by atoms with Gasteiger partial charge in [0.25, 0.3) is 0 Å². The number of nitrogens with zero attached hydrogens (tertiary/aromatic N) is 2. The van der Waals surface area contributed by atoms with Crippen molar-refractivity contribution < 1.29 is 9.59 Å². The fraction of sp³-hybridized carbons (Fsp3) is 0.458. The molecule has 3 rings (SSSR count). The van der Waals surface area contributed by atoms with Gasteiger partial charge < -0.3 is 4.90 Å². The molecule has 4 nitrogen and oxygen atoms in total. The fourth-order valence-electron chi connectivity index (χ4n) is 4.25. The summed E-state index contributed by atoms with van der Waals surface area (Å²) in [4.78, 5) is 31.8. The molecule has 0 N–H and O–H groups in total. The van der Waals surface area contributed by atoms with Crippen LogP contribution in [-0.4, -0.2) is 34.7 Å². The predicted molar refractivity (Wildman–Crippen MR) is 112 cm³/mol. The number of pyridine rings is 1. The number of benzene rings is 1. The minimum absolute atomic E-state index is 0.00359. The Bertz CT molecular complexity index is 866. The molecular weight excluding hydrogens is 348 g/mol. The third-order valence-electron chi connectivity index (χ3n) is 6.57. The molecule has 4 heteroatoms. The summed E-state index contributed by atoms with van der Waals surface area (Å²) in [7, 11) is 0. The van der Waals surface area contributed by atoms with Crippen molar-refractivity contribution in [2.45, 2.75) is 53.9 Å². The van der Waals surface area contributed by atoms with Crippen LogP contribution >= 0.6 is 0 Å². The smallest absolute Gasteiger partial charge is 0.226 e. The Morgan fingerprint density at radius 3 is 1.93 bits per heavy atom. The average Bonchev–Trinajstić information content (AvgIpc) is 2.71. The van der Waals surface area contributed by atoms with Crippen molar-refractivity contribution in [3.05, 3.63) is 63.5 Å². The number of carbonyl (C=O) groups is 2. The molecule has 2 heterocycles. The summed E-state index contributed by atoms with van der Waals surface area (Å²) in [6.07, 6.45) is 5.31. The number of rotatable bonds is 4. The van der Waals surface area contributed by atoms with Crippen LogP contribution in [0.3, 0.4) is 0 Å². The quantitative estimate of drug-likeness (QED) is 0.746. The van der Waals surface area contributed by atoms with E-state index in [-0.39, 0.29) is 17.6 Å². The number of carbonyl (C=O) groups excluding carboxylic acids is 2. The molecule has 0 radical (unpaired) electrons. The highest BCUT2D eigenvalue weighted by Gasteiger charge is 2.30. The number of ketones is 1. The van der Waals surface area contributed by atoms with E-state index >= 15 is 0 Å². The van der Waals surface area contributed by atoms with E-state index in [0.29, 0.717) is 19.5 Å². The van der Waals surface area contributed by atoms with Crippen molar-refractivity contribution in [2.75, 3.05) is 13.1 Å². The van der Waals surface area contributed by atoms with Crippen molar-refractivity contribution in [1.29, 1.82) is 0 Å². The first-order chi connectivity index (χ1) is 13.3. The monoisotopic (exact) mass is 378 g/mol. The highest BCUT2D eigenvalue weighted by atomic mass is 16.2. The lowest BCUT2D eigenvalue weighted by atomic mass is 9.81. The van der Waals surface area contributed by atoms with Gasteiger partial charge in [0.05, 0.1) is 6.42 Å². The molecule has 1 amide bonds. The highest BCUT2D eigenvalue weighted by molar-refractivity contribution is 6.01.